The van der Waals surface area contributed by atoms with Crippen molar-refractivity contribution in [3.05, 3.63) is 12.3 Å². The van der Waals surface area contributed by atoms with Gasteiger partial charge in [-0.2, -0.15) is 0 Å². The van der Waals surface area contributed by atoms with E-state index in [1.807, 2.05) is 13.0 Å². The van der Waals surface area contributed by atoms with E-state index >= 15 is 0 Å². The van der Waals surface area contributed by atoms with Crippen LogP contribution in [0.25, 0.3) is 0 Å². The molecule has 0 aliphatic heterocycles. The summed E-state index contributed by atoms with van der Waals surface area (Å²) in [6.07, 6.45) is 3.47. The van der Waals surface area contributed by atoms with Crippen LogP contribution in [0.2, 0.25) is 0 Å². The Morgan fingerprint density at radius 2 is 1.31 bits per heavy atom. The van der Waals surface area contributed by atoms with Crippen molar-refractivity contribution in [3.8, 4) is 0 Å². The number of rotatable bonds is 12. The van der Waals surface area contributed by atoms with Crippen LogP contribution in [0.1, 0.15) is 6.92 Å². The number of aliphatic hydroxyl groups is 1. The summed E-state index contributed by atoms with van der Waals surface area (Å²) < 4.78 is 20.5. The molecule has 0 aromatic rings. The van der Waals surface area contributed by atoms with Crippen molar-refractivity contribution < 1.29 is 24.1 Å². The van der Waals surface area contributed by atoms with Crippen LogP contribution in [0.15, 0.2) is 12.3 Å². The Hall–Kier alpha value is -0.620. The molecule has 5 heteroatoms. The first-order chi connectivity index (χ1) is 7.91. The third kappa shape index (κ3) is 13.4. The van der Waals surface area contributed by atoms with Crippen LogP contribution in [0.3, 0.4) is 0 Å². The van der Waals surface area contributed by atoms with Crippen LogP contribution in [0.5, 0.6) is 0 Å². The van der Waals surface area contributed by atoms with Gasteiger partial charge in [-0.25, -0.2) is 0 Å². The van der Waals surface area contributed by atoms with Crippen molar-refractivity contribution in [2.75, 3.05) is 52.9 Å². The maximum atomic E-state index is 8.43. The highest BCUT2D eigenvalue weighted by Gasteiger charge is 1.91. The van der Waals surface area contributed by atoms with E-state index in [9.17, 15) is 0 Å². The summed E-state index contributed by atoms with van der Waals surface area (Å²) in [4.78, 5) is 0. The molecule has 0 aliphatic rings. The summed E-state index contributed by atoms with van der Waals surface area (Å²) in [6, 6.07) is 0. The number of allylic oxidation sites excluding steroid dienone is 1. The maximum absolute atomic E-state index is 8.43. The summed E-state index contributed by atoms with van der Waals surface area (Å²) in [5, 5.41) is 8.43. The first-order valence-electron chi connectivity index (χ1n) is 5.48. The average molecular weight is 234 g/mol. The fourth-order valence-electron chi connectivity index (χ4n) is 0.878. The molecule has 0 bridgehead atoms. The van der Waals surface area contributed by atoms with Gasteiger partial charge in [-0.15, -0.1) is 0 Å². The van der Waals surface area contributed by atoms with Crippen molar-refractivity contribution >= 4 is 0 Å². The van der Waals surface area contributed by atoms with E-state index in [0.29, 0.717) is 46.2 Å². The SMILES string of the molecule is CC=COCCOCCOCCOCCO. The molecule has 0 fully saturated rings. The van der Waals surface area contributed by atoms with Gasteiger partial charge in [0, 0.05) is 0 Å². The molecule has 0 heterocycles. The fraction of sp³-hybridized carbons (Fsp3) is 0.818. The highest BCUT2D eigenvalue weighted by atomic mass is 16.6. The van der Waals surface area contributed by atoms with Gasteiger partial charge >= 0.3 is 0 Å². The molecular formula is C11H22O5. The Kier molecular flexibility index (Phi) is 13.8. The van der Waals surface area contributed by atoms with E-state index < -0.39 is 0 Å². The van der Waals surface area contributed by atoms with Crippen LogP contribution in [-0.4, -0.2) is 58.0 Å². The minimum Gasteiger partial charge on any atom is -0.499 e. The number of ether oxygens (including phenoxy) is 4. The molecule has 0 atom stereocenters. The Morgan fingerprint density at radius 1 is 0.812 bits per heavy atom. The molecule has 0 radical (unpaired) electrons. The van der Waals surface area contributed by atoms with Gasteiger partial charge in [0.05, 0.1) is 52.5 Å². The quantitative estimate of drug-likeness (QED) is 0.395. The first-order valence-corrected chi connectivity index (χ1v) is 5.48. The second-order valence-corrected chi connectivity index (χ2v) is 2.90. The molecule has 16 heavy (non-hydrogen) atoms. The minimum atomic E-state index is 0.0509. The van der Waals surface area contributed by atoms with E-state index in [0.717, 1.165) is 0 Å². The standard InChI is InChI=1S/C11H22O5/c1-2-4-13-6-8-15-10-11-16-9-7-14-5-3-12/h2,4,12H,3,5-11H2,1H3. The summed E-state index contributed by atoms with van der Waals surface area (Å²) in [6.45, 7) is 5.57. The molecule has 0 aromatic carbocycles. The lowest BCUT2D eigenvalue weighted by molar-refractivity contribution is 0.00134. The van der Waals surface area contributed by atoms with Gasteiger partial charge < -0.3 is 24.1 Å². The van der Waals surface area contributed by atoms with Gasteiger partial charge in [0.25, 0.3) is 0 Å². The van der Waals surface area contributed by atoms with Crippen molar-refractivity contribution in [1.82, 2.24) is 0 Å². The molecule has 0 unspecified atom stereocenters. The van der Waals surface area contributed by atoms with E-state index in [4.69, 9.17) is 24.1 Å². The Bertz CT molecular complexity index is 149. The molecule has 1 N–H and O–H groups in total. The lowest BCUT2D eigenvalue weighted by Crippen LogP contribution is -2.12. The van der Waals surface area contributed by atoms with Crippen LogP contribution in [-0.2, 0) is 18.9 Å². The van der Waals surface area contributed by atoms with Crippen molar-refractivity contribution in [2.45, 2.75) is 6.92 Å². The minimum absolute atomic E-state index is 0.0509. The Balaban J connectivity index is 2.88. The third-order valence-electron chi connectivity index (χ3n) is 1.56. The Labute approximate surface area is 96.9 Å². The fourth-order valence-corrected chi connectivity index (χ4v) is 0.878. The summed E-state index contributed by atoms with van der Waals surface area (Å²) in [7, 11) is 0. The zero-order valence-electron chi connectivity index (χ0n) is 9.89. The molecule has 0 rings (SSSR count). The molecular weight excluding hydrogens is 212 g/mol. The predicted octanol–water partition coefficient (Wildman–Crippen LogP) is 0.579. The summed E-state index contributed by atoms with van der Waals surface area (Å²) in [5.41, 5.74) is 0. The van der Waals surface area contributed by atoms with E-state index in [1.165, 1.54) is 0 Å². The lowest BCUT2D eigenvalue weighted by Gasteiger charge is -2.06. The smallest absolute Gasteiger partial charge is 0.111 e. The zero-order chi connectivity index (χ0) is 11.9. The molecule has 0 saturated heterocycles. The average Bonchev–Trinajstić information content (AvgIpc) is 2.31. The highest BCUT2D eigenvalue weighted by molar-refractivity contribution is 4.64. The van der Waals surface area contributed by atoms with Gasteiger partial charge in [-0.05, 0) is 6.92 Å². The zero-order valence-corrected chi connectivity index (χ0v) is 9.89. The number of hydrogen-bond donors (Lipinski definition) is 1. The maximum Gasteiger partial charge on any atom is 0.111 e. The topological polar surface area (TPSA) is 57.2 Å². The van der Waals surface area contributed by atoms with E-state index in [-0.39, 0.29) is 6.61 Å². The third-order valence-corrected chi connectivity index (χ3v) is 1.56. The van der Waals surface area contributed by atoms with Crippen LogP contribution < -0.4 is 0 Å². The lowest BCUT2D eigenvalue weighted by atomic mass is 10.7. The van der Waals surface area contributed by atoms with Gasteiger partial charge in [0.15, 0.2) is 0 Å². The second kappa shape index (κ2) is 14.4. The van der Waals surface area contributed by atoms with Gasteiger partial charge in [0.1, 0.15) is 6.61 Å². The van der Waals surface area contributed by atoms with Gasteiger partial charge in [-0.3, -0.25) is 0 Å². The monoisotopic (exact) mass is 234 g/mol. The molecule has 0 amide bonds. The van der Waals surface area contributed by atoms with Gasteiger partial charge in [0.2, 0.25) is 0 Å². The molecule has 0 saturated carbocycles. The van der Waals surface area contributed by atoms with Crippen LogP contribution in [0, 0.1) is 0 Å². The van der Waals surface area contributed by atoms with E-state index in [2.05, 4.69) is 0 Å². The Morgan fingerprint density at radius 3 is 1.81 bits per heavy atom. The number of aliphatic hydroxyl groups excluding tert-OH is 1. The van der Waals surface area contributed by atoms with Crippen LogP contribution >= 0.6 is 0 Å². The molecule has 96 valence electrons. The number of hydrogen-bond acceptors (Lipinski definition) is 5. The predicted molar refractivity (Wildman–Crippen MR) is 60.3 cm³/mol. The molecule has 0 spiro atoms. The molecule has 0 aliphatic carbocycles. The summed E-state index contributed by atoms with van der Waals surface area (Å²) in [5.74, 6) is 0. The van der Waals surface area contributed by atoms with Crippen molar-refractivity contribution in [1.29, 1.82) is 0 Å². The normalized spacial score (nSPS) is 11.1. The largest absolute Gasteiger partial charge is 0.499 e. The molecule has 0 aromatic heterocycles. The second-order valence-electron chi connectivity index (χ2n) is 2.90. The first kappa shape index (κ1) is 15.4. The van der Waals surface area contributed by atoms with E-state index in [1.54, 1.807) is 6.26 Å². The van der Waals surface area contributed by atoms with Crippen molar-refractivity contribution in [3.63, 3.8) is 0 Å². The van der Waals surface area contributed by atoms with Gasteiger partial charge in [-0.1, -0.05) is 6.08 Å². The molecule has 5 nitrogen and oxygen atoms in total. The van der Waals surface area contributed by atoms with Crippen molar-refractivity contribution in [2.24, 2.45) is 0 Å². The summed E-state index contributed by atoms with van der Waals surface area (Å²) >= 11 is 0. The van der Waals surface area contributed by atoms with Crippen LogP contribution in [0.4, 0.5) is 0 Å². The highest BCUT2D eigenvalue weighted by Crippen LogP contribution is 1.83.